The van der Waals surface area contributed by atoms with Crippen LogP contribution in [0.15, 0.2) is 0 Å². The van der Waals surface area contributed by atoms with Crippen molar-refractivity contribution in [1.82, 2.24) is 5.32 Å². The zero-order chi connectivity index (χ0) is 13.1. The third-order valence-corrected chi connectivity index (χ3v) is 4.89. The average molecular weight is 252 g/mol. The molecule has 0 spiro atoms. The summed E-state index contributed by atoms with van der Waals surface area (Å²) in [6, 6.07) is 0.718. The van der Waals surface area contributed by atoms with E-state index in [4.69, 9.17) is 5.73 Å². The number of hydrogen-bond acceptors (Lipinski definition) is 2. The van der Waals surface area contributed by atoms with E-state index < -0.39 is 0 Å². The maximum atomic E-state index is 12.3. The number of hydrogen-bond donors (Lipinski definition) is 2. The van der Waals surface area contributed by atoms with Crippen molar-refractivity contribution in [3.8, 4) is 0 Å². The first-order valence-corrected chi connectivity index (χ1v) is 7.62. The van der Waals surface area contributed by atoms with Crippen LogP contribution in [0.25, 0.3) is 0 Å². The van der Waals surface area contributed by atoms with Crippen LogP contribution in [-0.4, -0.2) is 18.0 Å². The molecule has 2 aliphatic carbocycles. The summed E-state index contributed by atoms with van der Waals surface area (Å²) in [4.78, 5) is 12.3. The van der Waals surface area contributed by atoms with Crippen LogP contribution in [0.5, 0.6) is 0 Å². The van der Waals surface area contributed by atoms with Gasteiger partial charge in [-0.3, -0.25) is 4.79 Å². The van der Waals surface area contributed by atoms with Gasteiger partial charge in [0.2, 0.25) is 5.91 Å². The molecule has 2 fully saturated rings. The van der Waals surface area contributed by atoms with E-state index in [0.717, 1.165) is 38.0 Å². The molecule has 0 aromatic carbocycles. The Morgan fingerprint density at radius 3 is 2.56 bits per heavy atom. The summed E-state index contributed by atoms with van der Waals surface area (Å²) >= 11 is 0. The minimum absolute atomic E-state index is 0.206. The molecule has 3 N–H and O–H groups in total. The molecule has 2 saturated carbocycles. The molecule has 0 heterocycles. The van der Waals surface area contributed by atoms with Crippen molar-refractivity contribution in [2.24, 2.45) is 23.5 Å². The Balaban J connectivity index is 1.80. The lowest BCUT2D eigenvalue weighted by atomic mass is 9.78. The Hall–Kier alpha value is -0.570. The highest BCUT2D eigenvalue weighted by Gasteiger charge is 2.31. The molecule has 2 rings (SSSR count). The SMILES string of the molecule is CC1CCCC(NC(=O)C2CCC(N)C(C)C2)C1. The lowest BCUT2D eigenvalue weighted by molar-refractivity contribution is -0.127. The Bertz CT molecular complexity index is 292. The van der Waals surface area contributed by atoms with E-state index in [0.29, 0.717) is 18.0 Å². The van der Waals surface area contributed by atoms with Gasteiger partial charge in [-0.1, -0.05) is 26.7 Å². The van der Waals surface area contributed by atoms with Crippen molar-refractivity contribution in [2.75, 3.05) is 0 Å². The van der Waals surface area contributed by atoms with Crippen molar-refractivity contribution < 1.29 is 4.79 Å². The molecule has 5 atom stereocenters. The fourth-order valence-corrected chi connectivity index (χ4v) is 3.54. The lowest BCUT2D eigenvalue weighted by Crippen LogP contribution is -2.44. The van der Waals surface area contributed by atoms with Gasteiger partial charge in [0.15, 0.2) is 0 Å². The van der Waals surface area contributed by atoms with Crippen LogP contribution in [0.1, 0.15) is 58.8 Å². The highest BCUT2D eigenvalue weighted by molar-refractivity contribution is 5.79. The number of nitrogens with one attached hydrogen (secondary N) is 1. The maximum absolute atomic E-state index is 12.3. The van der Waals surface area contributed by atoms with E-state index in [1.807, 2.05) is 0 Å². The summed E-state index contributed by atoms with van der Waals surface area (Å²) in [5, 5.41) is 3.27. The monoisotopic (exact) mass is 252 g/mol. The fourth-order valence-electron chi connectivity index (χ4n) is 3.54. The second kappa shape index (κ2) is 6.05. The van der Waals surface area contributed by atoms with Crippen LogP contribution in [0, 0.1) is 17.8 Å². The number of carbonyl (C=O) groups is 1. The first kappa shape index (κ1) is 13.9. The van der Waals surface area contributed by atoms with Crippen LogP contribution in [0.4, 0.5) is 0 Å². The smallest absolute Gasteiger partial charge is 0.223 e. The molecule has 0 aromatic rings. The molecular formula is C15H28N2O. The lowest BCUT2D eigenvalue weighted by Gasteiger charge is -2.33. The van der Waals surface area contributed by atoms with Crippen molar-refractivity contribution in [3.05, 3.63) is 0 Å². The van der Waals surface area contributed by atoms with Gasteiger partial charge in [-0.2, -0.15) is 0 Å². The molecule has 0 radical (unpaired) electrons. The Morgan fingerprint density at radius 2 is 1.89 bits per heavy atom. The van der Waals surface area contributed by atoms with E-state index in [1.165, 1.54) is 12.8 Å². The predicted octanol–water partition coefficient (Wildman–Crippen LogP) is 2.44. The number of rotatable bonds is 2. The normalized spacial score (nSPS) is 41.4. The van der Waals surface area contributed by atoms with Crippen LogP contribution in [0.2, 0.25) is 0 Å². The number of amides is 1. The van der Waals surface area contributed by atoms with E-state index in [-0.39, 0.29) is 11.8 Å². The van der Waals surface area contributed by atoms with Crippen LogP contribution in [0.3, 0.4) is 0 Å². The van der Waals surface area contributed by atoms with E-state index in [1.54, 1.807) is 0 Å². The topological polar surface area (TPSA) is 55.1 Å². The minimum Gasteiger partial charge on any atom is -0.353 e. The molecule has 0 saturated heterocycles. The molecule has 3 heteroatoms. The van der Waals surface area contributed by atoms with Gasteiger partial charge in [-0.05, 0) is 43.9 Å². The first-order valence-electron chi connectivity index (χ1n) is 7.62. The van der Waals surface area contributed by atoms with Crippen LogP contribution in [-0.2, 0) is 4.79 Å². The molecule has 0 aliphatic heterocycles. The van der Waals surface area contributed by atoms with Gasteiger partial charge < -0.3 is 11.1 Å². The standard InChI is InChI=1S/C15H28N2O/c1-10-4-3-5-13(8-10)17-15(18)12-6-7-14(16)11(2)9-12/h10-14H,3-9,16H2,1-2H3,(H,17,18). The fraction of sp³-hybridized carbons (Fsp3) is 0.933. The Labute approximate surface area is 111 Å². The van der Waals surface area contributed by atoms with Gasteiger partial charge in [0.05, 0.1) is 0 Å². The second-order valence-corrected chi connectivity index (χ2v) is 6.63. The largest absolute Gasteiger partial charge is 0.353 e. The summed E-state index contributed by atoms with van der Waals surface area (Å²) in [6.45, 7) is 4.47. The quantitative estimate of drug-likeness (QED) is 0.793. The van der Waals surface area contributed by atoms with Crippen molar-refractivity contribution >= 4 is 5.91 Å². The molecule has 5 unspecified atom stereocenters. The molecule has 0 bridgehead atoms. The van der Waals surface area contributed by atoms with Gasteiger partial charge in [-0.15, -0.1) is 0 Å². The Kier molecular flexibility index (Phi) is 4.66. The minimum atomic E-state index is 0.206. The summed E-state index contributed by atoms with van der Waals surface area (Å²) < 4.78 is 0. The molecule has 2 aliphatic rings. The molecule has 104 valence electrons. The predicted molar refractivity (Wildman–Crippen MR) is 74.0 cm³/mol. The van der Waals surface area contributed by atoms with Crippen LogP contribution >= 0.6 is 0 Å². The van der Waals surface area contributed by atoms with Crippen molar-refractivity contribution in [1.29, 1.82) is 0 Å². The van der Waals surface area contributed by atoms with Gasteiger partial charge in [0.1, 0.15) is 0 Å². The third kappa shape index (κ3) is 3.47. The summed E-state index contributed by atoms with van der Waals surface area (Å²) in [5.41, 5.74) is 6.01. The molecular weight excluding hydrogens is 224 g/mol. The summed E-state index contributed by atoms with van der Waals surface area (Å²) in [5.74, 6) is 1.74. The highest BCUT2D eigenvalue weighted by atomic mass is 16.1. The summed E-state index contributed by atoms with van der Waals surface area (Å²) in [6.07, 6.45) is 7.85. The zero-order valence-corrected chi connectivity index (χ0v) is 11.8. The van der Waals surface area contributed by atoms with Crippen molar-refractivity contribution in [2.45, 2.75) is 70.9 Å². The van der Waals surface area contributed by atoms with Gasteiger partial charge in [-0.25, -0.2) is 0 Å². The Morgan fingerprint density at radius 1 is 1.11 bits per heavy atom. The average Bonchev–Trinajstić information content (AvgIpc) is 2.32. The zero-order valence-electron chi connectivity index (χ0n) is 11.8. The highest BCUT2D eigenvalue weighted by Crippen LogP contribution is 2.29. The van der Waals surface area contributed by atoms with E-state index in [9.17, 15) is 4.79 Å². The third-order valence-electron chi connectivity index (χ3n) is 4.89. The molecule has 18 heavy (non-hydrogen) atoms. The second-order valence-electron chi connectivity index (χ2n) is 6.63. The molecule has 1 amide bonds. The van der Waals surface area contributed by atoms with E-state index >= 15 is 0 Å². The van der Waals surface area contributed by atoms with Crippen molar-refractivity contribution in [3.63, 3.8) is 0 Å². The maximum Gasteiger partial charge on any atom is 0.223 e. The van der Waals surface area contributed by atoms with Crippen LogP contribution < -0.4 is 11.1 Å². The number of nitrogens with two attached hydrogens (primary N) is 1. The van der Waals surface area contributed by atoms with E-state index in [2.05, 4.69) is 19.2 Å². The van der Waals surface area contributed by atoms with Gasteiger partial charge in [0, 0.05) is 18.0 Å². The molecule has 0 aromatic heterocycles. The number of carbonyl (C=O) groups excluding carboxylic acids is 1. The molecule has 3 nitrogen and oxygen atoms in total. The van der Waals surface area contributed by atoms with Gasteiger partial charge in [0.25, 0.3) is 0 Å². The summed E-state index contributed by atoms with van der Waals surface area (Å²) in [7, 11) is 0. The first-order chi connectivity index (χ1) is 8.56. The van der Waals surface area contributed by atoms with Gasteiger partial charge >= 0.3 is 0 Å².